The summed E-state index contributed by atoms with van der Waals surface area (Å²) in [5.74, 6) is -0.829. The average Bonchev–Trinajstić information content (AvgIpc) is 2.97. The van der Waals surface area contributed by atoms with Gasteiger partial charge in [-0.2, -0.15) is 0 Å². The standard InChI is InChI=1S/C12H19NO4/c14-10(15)12(5-1-2-6-12)9-17-11(16)13-7-3-4-8-13/h1-9H2,(H,14,15). The van der Waals surface area contributed by atoms with Gasteiger partial charge in [0.25, 0.3) is 0 Å². The molecule has 1 aliphatic heterocycles. The molecule has 17 heavy (non-hydrogen) atoms. The molecule has 96 valence electrons. The van der Waals surface area contributed by atoms with Crippen LogP contribution in [0.1, 0.15) is 38.5 Å². The van der Waals surface area contributed by atoms with Gasteiger partial charge in [0.2, 0.25) is 0 Å². The summed E-state index contributed by atoms with van der Waals surface area (Å²) in [7, 11) is 0. The number of ether oxygens (including phenoxy) is 1. The zero-order valence-electron chi connectivity index (χ0n) is 9.98. The van der Waals surface area contributed by atoms with Gasteiger partial charge in [0, 0.05) is 13.1 Å². The van der Waals surface area contributed by atoms with Crippen LogP contribution >= 0.6 is 0 Å². The molecular weight excluding hydrogens is 222 g/mol. The molecule has 1 saturated carbocycles. The fourth-order valence-electron chi connectivity index (χ4n) is 2.66. The first-order chi connectivity index (χ1) is 8.14. The van der Waals surface area contributed by atoms with Crippen molar-refractivity contribution in [3.63, 3.8) is 0 Å². The predicted molar refractivity (Wildman–Crippen MR) is 60.7 cm³/mol. The van der Waals surface area contributed by atoms with E-state index in [1.807, 2.05) is 0 Å². The van der Waals surface area contributed by atoms with Gasteiger partial charge in [-0.05, 0) is 25.7 Å². The Morgan fingerprint density at radius 2 is 1.71 bits per heavy atom. The van der Waals surface area contributed by atoms with Crippen molar-refractivity contribution in [3.8, 4) is 0 Å². The molecule has 5 nitrogen and oxygen atoms in total. The van der Waals surface area contributed by atoms with Crippen molar-refractivity contribution in [1.82, 2.24) is 4.90 Å². The molecule has 0 atom stereocenters. The largest absolute Gasteiger partial charge is 0.481 e. The summed E-state index contributed by atoms with van der Waals surface area (Å²) in [4.78, 5) is 24.6. The van der Waals surface area contributed by atoms with E-state index in [-0.39, 0.29) is 12.7 Å². The predicted octanol–water partition coefficient (Wildman–Crippen LogP) is 1.86. The smallest absolute Gasteiger partial charge is 0.409 e. The fraction of sp³-hybridized carbons (Fsp3) is 0.833. The lowest BCUT2D eigenvalue weighted by Gasteiger charge is -2.24. The number of aliphatic carboxylic acids is 1. The Bertz CT molecular complexity index is 304. The van der Waals surface area contributed by atoms with Crippen molar-refractivity contribution in [3.05, 3.63) is 0 Å². The Kier molecular flexibility index (Phi) is 3.54. The summed E-state index contributed by atoms with van der Waals surface area (Å²) in [5, 5.41) is 9.24. The van der Waals surface area contributed by atoms with Crippen LogP contribution in [0.5, 0.6) is 0 Å². The second-order valence-corrected chi connectivity index (χ2v) is 5.04. The van der Waals surface area contributed by atoms with E-state index in [0.29, 0.717) is 12.8 Å². The molecule has 0 aromatic rings. The summed E-state index contributed by atoms with van der Waals surface area (Å²) in [6.45, 7) is 1.50. The van der Waals surface area contributed by atoms with Crippen LogP contribution < -0.4 is 0 Å². The topological polar surface area (TPSA) is 66.8 Å². The number of carbonyl (C=O) groups excluding carboxylic acids is 1. The van der Waals surface area contributed by atoms with Crippen molar-refractivity contribution in [1.29, 1.82) is 0 Å². The Morgan fingerprint density at radius 1 is 1.12 bits per heavy atom. The molecular formula is C12H19NO4. The minimum absolute atomic E-state index is 0.0255. The fourth-order valence-corrected chi connectivity index (χ4v) is 2.66. The van der Waals surface area contributed by atoms with Crippen LogP contribution in [0.3, 0.4) is 0 Å². The highest BCUT2D eigenvalue weighted by Crippen LogP contribution is 2.38. The number of amides is 1. The lowest BCUT2D eigenvalue weighted by atomic mass is 9.87. The molecule has 1 heterocycles. The SMILES string of the molecule is O=C(OCC1(C(=O)O)CCCC1)N1CCCC1. The maximum Gasteiger partial charge on any atom is 0.409 e. The number of nitrogens with zero attached hydrogens (tertiary/aromatic N) is 1. The zero-order valence-corrected chi connectivity index (χ0v) is 9.98. The molecule has 2 fully saturated rings. The molecule has 0 aromatic carbocycles. The van der Waals surface area contributed by atoms with Gasteiger partial charge in [0.1, 0.15) is 12.0 Å². The third kappa shape index (κ3) is 2.53. The van der Waals surface area contributed by atoms with Gasteiger partial charge < -0.3 is 14.7 Å². The van der Waals surface area contributed by atoms with E-state index in [1.54, 1.807) is 4.90 Å². The average molecular weight is 241 g/mol. The van der Waals surface area contributed by atoms with E-state index >= 15 is 0 Å². The van der Waals surface area contributed by atoms with Gasteiger partial charge in [0.15, 0.2) is 0 Å². The molecule has 0 spiro atoms. The normalized spacial score (nSPS) is 22.7. The van der Waals surface area contributed by atoms with Crippen molar-refractivity contribution in [2.24, 2.45) is 5.41 Å². The van der Waals surface area contributed by atoms with Crippen LogP contribution in [0.25, 0.3) is 0 Å². The Balaban J connectivity index is 1.87. The van der Waals surface area contributed by atoms with Crippen LogP contribution in [-0.4, -0.2) is 41.8 Å². The van der Waals surface area contributed by atoms with Gasteiger partial charge in [-0.1, -0.05) is 12.8 Å². The first-order valence-electron chi connectivity index (χ1n) is 6.29. The van der Waals surface area contributed by atoms with Crippen molar-refractivity contribution in [2.45, 2.75) is 38.5 Å². The number of hydrogen-bond acceptors (Lipinski definition) is 3. The quantitative estimate of drug-likeness (QED) is 0.819. The van der Waals surface area contributed by atoms with Crippen LogP contribution in [0.2, 0.25) is 0 Å². The van der Waals surface area contributed by atoms with E-state index in [4.69, 9.17) is 4.74 Å². The molecule has 1 N–H and O–H groups in total. The van der Waals surface area contributed by atoms with E-state index in [9.17, 15) is 14.7 Å². The highest BCUT2D eigenvalue weighted by atomic mass is 16.6. The molecule has 5 heteroatoms. The number of hydrogen-bond donors (Lipinski definition) is 1. The third-order valence-electron chi connectivity index (χ3n) is 3.85. The molecule has 1 amide bonds. The van der Waals surface area contributed by atoms with E-state index in [0.717, 1.165) is 38.8 Å². The van der Waals surface area contributed by atoms with Crippen LogP contribution in [0.4, 0.5) is 4.79 Å². The summed E-state index contributed by atoms with van der Waals surface area (Å²) in [5.41, 5.74) is -0.824. The van der Waals surface area contributed by atoms with E-state index in [1.165, 1.54) is 0 Å². The maximum absolute atomic E-state index is 11.7. The van der Waals surface area contributed by atoms with Gasteiger partial charge in [-0.25, -0.2) is 4.79 Å². The van der Waals surface area contributed by atoms with Crippen LogP contribution in [0.15, 0.2) is 0 Å². The number of carboxylic acid groups (broad SMARTS) is 1. The van der Waals surface area contributed by atoms with Gasteiger partial charge in [-0.3, -0.25) is 4.79 Å². The molecule has 2 rings (SSSR count). The van der Waals surface area contributed by atoms with E-state index < -0.39 is 11.4 Å². The highest BCUT2D eigenvalue weighted by molar-refractivity contribution is 5.76. The van der Waals surface area contributed by atoms with Crippen molar-refractivity contribution >= 4 is 12.1 Å². The zero-order chi connectivity index (χ0) is 12.3. The second kappa shape index (κ2) is 4.94. The molecule has 0 bridgehead atoms. The Morgan fingerprint density at radius 3 is 2.24 bits per heavy atom. The van der Waals surface area contributed by atoms with Crippen molar-refractivity contribution < 1.29 is 19.4 Å². The molecule has 0 unspecified atom stereocenters. The summed E-state index contributed by atoms with van der Waals surface area (Å²) in [6, 6.07) is 0. The number of rotatable bonds is 3. The van der Waals surface area contributed by atoms with Crippen LogP contribution in [-0.2, 0) is 9.53 Å². The minimum Gasteiger partial charge on any atom is -0.481 e. The number of carboxylic acids is 1. The second-order valence-electron chi connectivity index (χ2n) is 5.04. The molecule has 0 aromatic heterocycles. The Labute approximate surface area is 101 Å². The van der Waals surface area contributed by atoms with E-state index in [2.05, 4.69) is 0 Å². The number of likely N-dealkylation sites (tertiary alicyclic amines) is 1. The lowest BCUT2D eigenvalue weighted by molar-refractivity contribution is -0.151. The maximum atomic E-state index is 11.7. The van der Waals surface area contributed by atoms with Gasteiger partial charge in [0.05, 0.1) is 0 Å². The molecule has 1 aliphatic carbocycles. The molecule has 0 radical (unpaired) electrons. The minimum atomic E-state index is -0.829. The van der Waals surface area contributed by atoms with Gasteiger partial charge in [-0.15, -0.1) is 0 Å². The first-order valence-corrected chi connectivity index (χ1v) is 6.29. The Hall–Kier alpha value is -1.26. The summed E-state index contributed by atoms with van der Waals surface area (Å²) in [6.07, 6.45) is 4.74. The summed E-state index contributed by atoms with van der Waals surface area (Å²) >= 11 is 0. The molecule has 2 aliphatic rings. The molecule has 1 saturated heterocycles. The third-order valence-corrected chi connectivity index (χ3v) is 3.85. The van der Waals surface area contributed by atoms with Crippen molar-refractivity contribution in [2.75, 3.05) is 19.7 Å². The lowest BCUT2D eigenvalue weighted by Crippen LogP contribution is -2.37. The van der Waals surface area contributed by atoms with Crippen LogP contribution in [0, 0.1) is 5.41 Å². The monoisotopic (exact) mass is 241 g/mol. The number of carbonyl (C=O) groups is 2. The highest BCUT2D eigenvalue weighted by Gasteiger charge is 2.43. The summed E-state index contributed by atoms with van der Waals surface area (Å²) < 4.78 is 5.18. The first kappa shape index (κ1) is 12.2. The van der Waals surface area contributed by atoms with Gasteiger partial charge >= 0.3 is 12.1 Å².